The minimum atomic E-state index is -3.67. The Morgan fingerprint density at radius 1 is 1.15 bits per heavy atom. The fourth-order valence-corrected chi connectivity index (χ4v) is 4.27. The summed E-state index contributed by atoms with van der Waals surface area (Å²) in [5, 5.41) is 0. The molecule has 1 aliphatic heterocycles. The normalized spacial score (nSPS) is 13.4. The Morgan fingerprint density at radius 3 is 2.73 bits per heavy atom. The fraction of sp³-hybridized carbons (Fsp3) is 0.211. The molecule has 0 fully saturated rings. The van der Waals surface area contributed by atoms with E-state index in [9.17, 15) is 8.42 Å². The molecule has 6 nitrogen and oxygen atoms in total. The molecule has 0 saturated carbocycles. The van der Waals surface area contributed by atoms with Gasteiger partial charge in [-0.15, -0.1) is 0 Å². The van der Waals surface area contributed by atoms with Gasteiger partial charge in [0, 0.05) is 24.7 Å². The average molecular weight is 369 g/mol. The molecule has 0 atom stereocenters. The van der Waals surface area contributed by atoms with E-state index in [4.69, 9.17) is 4.74 Å². The molecule has 0 spiro atoms. The highest BCUT2D eigenvalue weighted by atomic mass is 32.2. The number of benzene rings is 2. The van der Waals surface area contributed by atoms with Crippen molar-refractivity contribution in [3.05, 3.63) is 60.6 Å². The van der Waals surface area contributed by atoms with E-state index < -0.39 is 10.0 Å². The van der Waals surface area contributed by atoms with E-state index in [1.807, 2.05) is 18.3 Å². The van der Waals surface area contributed by atoms with E-state index in [1.54, 1.807) is 24.3 Å². The van der Waals surface area contributed by atoms with Gasteiger partial charge in [0.15, 0.2) is 0 Å². The lowest BCUT2D eigenvalue weighted by molar-refractivity contribution is 0.413. The highest BCUT2D eigenvalue weighted by Crippen LogP contribution is 2.27. The van der Waals surface area contributed by atoms with Gasteiger partial charge < -0.3 is 9.30 Å². The number of hydrogen-bond donors (Lipinski definition) is 1. The van der Waals surface area contributed by atoms with E-state index in [0.717, 1.165) is 36.5 Å². The zero-order valence-electron chi connectivity index (χ0n) is 14.3. The standard InChI is InChI=1S/C19H19N3O3S/c1-25-16-4-2-5-17(12-16)26(23,24)21-15-9-7-14(8-10-15)18-13-20-19-6-3-11-22(18)19/h2,4-5,7-10,12-13,21H,3,6,11H2,1H3. The maximum absolute atomic E-state index is 12.6. The first-order valence-corrected chi connectivity index (χ1v) is 9.87. The molecule has 0 saturated heterocycles. The third-order valence-electron chi connectivity index (χ3n) is 4.50. The first kappa shape index (κ1) is 16.7. The van der Waals surface area contributed by atoms with Gasteiger partial charge in [-0.3, -0.25) is 4.72 Å². The second-order valence-electron chi connectivity index (χ2n) is 6.18. The quantitative estimate of drug-likeness (QED) is 0.749. The molecular weight excluding hydrogens is 350 g/mol. The molecule has 2 heterocycles. The van der Waals surface area contributed by atoms with Gasteiger partial charge >= 0.3 is 0 Å². The van der Waals surface area contributed by atoms with Crippen molar-refractivity contribution < 1.29 is 13.2 Å². The third kappa shape index (κ3) is 3.06. The van der Waals surface area contributed by atoms with Gasteiger partial charge in [0.2, 0.25) is 0 Å². The maximum Gasteiger partial charge on any atom is 0.262 e. The Kier molecular flexibility index (Phi) is 4.16. The van der Waals surface area contributed by atoms with Gasteiger partial charge in [-0.2, -0.15) is 0 Å². The van der Waals surface area contributed by atoms with Crippen LogP contribution in [0.15, 0.2) is 59.6 Å². The maximum atomic E-state index is 12.6. The summed E-state index contributed by atoms with van der Waals surface area (Å²) in [4.78, 5) is 4.61. The van der Waals surface area contributed by atoms with Crippen LogP contribution in [0.2, 0.25) is 0 Å². The summed E-state index contributed by atoms with van der Waals surface area (Å²) in [5.74, 6) is 1.61. The van der Waals surface area contributed by atoms with Crippen LogP contribution in [0.5, 0.6) is 5.75 Å². The number of sulfonamides is 1. The van der Waals surface area contributed by atoms with Crippen molar-refractivity contribution in [3.63, 3.8) is 0 Å². The van der Waals surface area contributed by atoms with Crippen molar-refractivity contribution in [1.29, 1.82) is 0 Å². The topological polar surface area (TPSA) is 73.2 Å². The molecule has 2 aromatic carbocycles. The SMILES string of the molecule is COc1cccc(S(=O)(=O)Nc2ccc(-c3cnc4n3CCC4)cc2)c1. The minimum Gasteiger partial charge on any atom is -0.497 e. The van der Waals surface area contributed by atoms with Gasteiger partial charge in [-0.05, 0) is 36.2 Å². The Bertz CT molecular complexity index is 1040. The smallest absolute Gasteiger partial charge is 0.262 e. The summed E-state index contributed by atoms with van der Waals surface area (Å²) in [7, 11) is -2.16. The lowest BCUT2D eigenvalue weighted by Crippen LogP contribution is -2.12. The van der Waals surface area contributed by atoms with Crippen molar-refractivity contribution in [1.82, 2.24) is 9.55 Å². The molecule has 4 rings (SSSR count). The molecule has 0 radical (unpaired) electrons. The fourth-order valence-electron chi connectivity index (χ4n) is 3.18. The molecule has 1 aliphatic rings. The predicted molar refractivity (Wildman–Crippen MR) is 99.8 cm³/mol. The van der Waals surface area contributed by atoms with Crippen LogP contribution in [0.25, 0.3) is 11.3 Å². The third-order valence-corrected chi connectivity index (χ3v) is 5.88. The number of nitrogens with zero attached hydrogens (tertiary/aromatic N) is 2. The van der Waals surface area contributed by atoms with E-state index >= 15 is 0 Å². The molecule has 0 unspecified atom stereocenters. The number of aryl methyl sites for hydroxylation is 1. The summed E-state index contributed by atoms with van der Waals surface area (Å²) >= 11 is 0. The summed E-state index contributed by atoms with van der Waals surface area (Å²) < 4.78 is 35.0. The number of nitrogens with one attached hydrogen (secondary N) is 1. The van der Waals surface area contributed by atoms with Crippen LogP contribution in [0.4, 0.5) is 5.69 Å². The van der Waals surface area contributed by atoms with Crippen LogP contribution in [-0.4, -0.2) is 25.1 Å². The van der Waals surface area contributed by atoms with Crippen LogP contribution >= 0.6 is 0 Å². The number of hydrogen-bond acceptors (Lipinski definition) is 4. The monoisotopic (exact) mass is 369 g/mol. The van der Waals surface area contributed by atoms with Gasteiger partial charge in [0.05, 0.1) is 23.9 Å². The lowest BCUT2D eigenvalue weighted by atomic mass is 10.1. The molecule has 0 bridgehead atoms. The van der Waals surface area contributed by atoms with Crippen LogP contribution in [0.1, 0.15) is 12.2 Å². The number of aromatic nitrogens is 2. The van der Waals surface area contributed by atoms with Crippen molar-refractivity contribution in [3.8, 4) is 17.0 Å². The molecule has 0 aliphatic carbocycles. The second-order valence-corrected chi connectivity index (χ2v) is 7.86. The van der Waals surface area contributed by atoms with Gasteiger partial charge in [-0.1, -0.05) is 18.2 Å². The Hall–Kier alpha value is -2.80. The van der Waals surface area contributed by atoms with Crippen LogP contribution in [-0.2, 0) is 23.0 Å². The molecule has 7 heteroatoms. The summed E-state index contributed by atoms with van der Waals surface area (Å²) in [6, 6.07) is 13.7. The van der Waals surface area contributed by atoms with Crippen molar-refractivity contribution in [2.45, 2.75) is 24.3 Å². The zero-order chi connectivity index (χ0) is 18.1. The van der Waals surface area contributed by atoms with Crippen LogP contribution in [0, 0.1) is 0 Å². The number of ether oxygens (including phenoxy) is 1. The Labute approximate surface area is 152 Å². The first-order chi connectivity index (χ1) is 12.6. The number of imidazole rings is 1. The van der Waals surface area contributed by atoms with Crippen molar-refractivity contribution >= 4 is 15.7 Å². The highest BCUT2D eigenvalue weighted by Gasteiger charge is 2.17. The molecule has 3 aromatic rings. The molecular formula is C19H19N3O3S. The van der Waals surface area contributed by atoms with E-state index in [-0.39, 0.29) is 4.90 Å². The van der Waals surface area contributed by atoms with E-state index in [0.29, 0.717) is 11.4 Å². The summed E-state index contributed by atoms with van der Waals surface area (Å²) in [5.41, 5.74) is 2.60. The van der Waals surface area contributed by atoms with Crippen molar-refractivity contribution in [2.24, 2.45) is 0 Å². The number of methoxy groups -OCH3 is 1. The number of fused-ring (bicyclic) bond motifs is 1. The zero-order valence-corrected chi connectivity index (χ0v) is 15.2. The van der Waals surface area contributed by atoms with Crippen LogP contribution < -0.4 is 9.46 Å². The molecule has 134 valence electrons. The van der Waals surface area contributed by atoms with Crippen LogP contribution in [0.3, 0.4) is 0 Å². The number of anilines is 1. The molecule has 1 N–H and O–H groups in total. The number of rotatable bonds is 5. The van der Waals surface area contributed by atoms with E-state index in [1.165, 1.54) is 19.2 Å². The highest BCUT2D eigenvalue weighted by molar-refractivity contribution is 7.92. The van der Waals surface area contributed by atoms with Gasteiger partial charge in [-0.25, -0.2) is 13.4 Å². The van der Waals surface area contributed by atoms with Gasteiger partial charge in [0.1, 0.15) is 11.6 Å². The molecule has 0 amide bonds. The summed E-state index contributed by atoms with van der Waals surface area (Å²) in [6.07, 6.45) is 4.01. The largest absolute Gasteiger partial charge is 0.497 e. The van der Waals surface area contributed by atoms with Crippen molar-refractivity contribution in [2.75, 3.05) is 11.8 Å². The second kappa shape index (κ2) is 6.49. The molecule has 1 aromatic heterocycles. The first-order valence-electron chi connectivity index (χ1n) is 8.38. The Balaban J connectivity index is 1.57. The lowest BCUT2D eigenvalue weighted by Gasteiger charge is -2.10. The van der Waals surface area contributed by atoms with E-state index in [2.05, 4.69) is 14.3 Å². The molecule has 26 heavy (non-hydrogen) atoms. The average Bonchev–Trinajstić information content (AvgIpc) is 3.26. The predicted octanol–water partition coefficient (Wildman–Crippen LogP) is 3.31. The summed E-state index contributed by atoms with van der Waals surface area (Å²) in [6.45, 7) is 0.981. The minimum absolute atomic E-state index is 0.162. The Morgan fingerprint density at radius 2 is 1.96 bits per heavy atom. The van der Waals surface area contributed by atoms with Gasteiger partial charge in [0.25, 0.3) is 10.0 Å².